The lowest BCUT2D eigenvalue weighted by atomic mass is 10.2. The van der Waals surface area contributed by atoms with E-state index in [1.54, 1.807) is 35.2 Å². The molecule has 3 rings (SSSR count). The van der Waals surface area contributed by atoms with E-state index in [1.165, 1.54) is 12.3 Å². The molecule has 28 heavy (non-hydrogen) atoms. The first-order valence-electron chi connectivity index (χ1n) is 8.81. The lowest BCUT2D eigenvalue weighted by molar-refractivity contribution is -0.384. The second-order valence-corrected chi connectivity index (χ2v) is 6.38. The summed E-state index contributed by atoms with van der Waals surface area (Å²) in [5, 5.41) is 11.2. The molecule has 1 aromatic carbocycles. The maximum atomic E-state index is 12.3. The smallest absolute Gasteiger partial charge is 0.340 e. The molecule has 9 nitrogen and oxygen atoms in total. The zero-order valence-electron chi connectivity index (χ0n) is 15.4. The van der Waals surface area contributed by atoms with Crippen molar-refractivity contribution in [2.45, 2.75) is 6.92 Å². The highest BCUT2D eigenvalue weighted by molar-refractivity contribution is 5.91. The average molecular weight is 384 g/mol. The molecule has 0 bridgehead atoms. The summed E-state index contributed by atoms with van der Waals surface area (Å²) < 4.78 is 5.07. The summed E-state index contributed by atoms with van der Waals surface area (Å²) in [7, 11) is 0. The highest BCUT2D eigenvalue weighted by Gasteiger charge is 2.26. The monoisotopic (exact) mass is 384 g/mol. The number of amides is 1. The third-order valence-corrected chi connectivity index (χ3v) is 4.53. The number of carbonyl (C=O) groups is 2. The van der Waals surface area contributed by atoms with E-state index < -0.39 is 10.9 Å². The molecule has 0 saturated carbocycles. The molecular formula is C19H20N4O5. The number of nitro benzene ring substituents is 1. The number of aromatic nitrogens is 1. The lowest BCUT2D eigenvalue weighted by Gasteiger charge is -2.35. The van der Waals surface area contributed by atoms with Gasteiger partial charge in [0.15, 0.2) is 6.61 Å². The maximum absolute atomic E-state index is 12.3. The topological polar surface area (TPSA) is 106 Å². The summed E-state index contributed by atoms with van der Waals surface area (Å²) in [4.78, 5) is 42.6. The van der Waals surface area contributed by atoms with E-state index >= 15 is 0 Å². The second kappa shape index (κ2) is 8.47. The molecule has 146 valence electrons. The lowest BCUT2D eigenvalue weighted by Crippen LogP contribution is -2.50. The van der Waals surface area contributed by atoms with E-state index in [9.17, 15) is 19.7 Å². The number of pyridine rings is 1. The van der Waals surface area contributed by atoms with E-state index in [4.69, 9.17) is 4.74 Å². The van der Waals surface area contributed by atoms with Crippen LogP contribution in [0.3, 0.4) is 0 Å². The van der Waals surface area contributed by atoms with E-state index in [1.807, 2.05) is 11.8 Å². The Balaban J connectivity index is 1.52. The number of piperazine rings is 1. The third-order valence-electron chi connectivity index (χ3n) is 4.53. The number of hydrogen-bond acceptors (Lipinski definition) is 7. The van der Waals surface area contributed by atoms with Gasteiger partial charge in [0.1, 0.15) is 5.69 Å². The largest absolute Gasteiger partial charge is 0.452 e. The summed E-state index contributed by atoms with van der Waals surface area (Å²) in [5.74, 6) is -0.893. The first kappa shape index (κ1) is 19.3. The molecule has 1 aromatic heterocycles. The van der Waals surface area contributed by atoms with Gasteiger partial charge in [0.05, 0.1) is 10.5 Å². The van der Waals surface area contributed by atoms with Crippen molar-refractivity contribution < 1.29 is 19.2 Å². The van der Waals surface area contributed by atoms with Gasteiger partial charge in [-0.3, -0.25) is 19.9 Å². The zero-order valence-corrected chi connectivity index (χ0v) is 15.4. The first-order valence-corrected chi connectivity index (χ1v) is 8.81. The first-order chi connectivity index (χ1) is 13.5. The Bertz CT molecular complexity index is 876. The number of nitrogens with zero attached hydrogens (tertiary/aromatic N) is 4. The van der Waals surface area contributed by atoms with E-state index in [2.05, 4.69) is 4.98 Å². The summed E-state index contributed by atoms with van der Waals surface area (Å²) in [6.45, 7) is 3.18. The molecule has 1 amide bonds. The Morgan fingerprint density at radius 3 is 2.50 bits per heavy atom. The van der Waals surface area contributed by atoms with Gasteiger partial charge in [0, 0.05) is 44.1 Å². The normalized spacial score (nSPS) is 13.9. The minimum Gasteiger partial charge on any atom is -0.452 e. The quantitative estimate of drug-likeness (QED) is 0.440. The molecule has 0 unspecified atom stereocenters. The number of anilines is 1. The van der Waals surface area contributed by atoms with Crippen molar-refractivity contribution in [1.82, 2.24) is 9.88 Å². The Hall–Kier alpha value is -3.49. The summed E-state index contributed by atoms with van der Waals surface area (Å²) in [6, 6.07) is 9.83. The Morgan fingerprint density at radius 1 is 1.14 bits per heavy atom. The highest BCUT2D eigenvalue weighted by Crippen LogP contribution is 2.28. The minimum absolute atomic E-state index is 0.0444. The van der Waals surface area contributed by atoms with Crippen molar-refractivity contribution in [1.29, 1.82) is 0 Å². The van der Waals surface area contributed by atoms with Crippen LogP contribution in [0, 0.1) is 17.0 Å². The molecule has 0 atom stereocenters. The molecule has 0 spiro atoms. The second-order valence-electron chi connectivity index (χ2n) is 6.38. The molecule has 2 heterocycles. The average Bonchev–Trinajstić information content (AvgIpc) is 2.72. The summed E-state index contributed by atoms with van der Waals surface area (Å²) in [5.41, 5.74) is 1.66. The van der Waals surface area contributed by atoms with Crippen molar-refractivity contribution in [3.8, 4) is 0 Å². The molecule has 0 N–H and O–H groups in total. The van der Waals surface area contributed by atoms with Crippen LogP contribution in [0.15, 0.2) is 42.6 Å². The Labute approximate surface area is 161 Å². The predicted octanol–water partition coefficient (Wildman–Crippen LogP) is 1.80. The van der Waals surface area contributed by atoms with Gasteiger partial charge >= 0.3 is 5.97 Å². The third kappa shape index (κ3) is 4.43. The fourth-order valence-corrected chi connectivity index (χ4v) is 2.97. The number of aryl methyl sites for hydroxylation is 1. The van der Waals surface area contributed by atoms with Crippen LogP contribution in [0.4, 0.5) is 11.4 Å². The van der Waals surface area contributed by atoms with Crippen molar-refractivity contribution in [2.24, 2.45) is 0 Å². The summed E-state index contributed by atoms with van der Waals surface area (Å²) in [6.07, 6.45) is 1.41. The van der Waals surface area contributed by atoms with Crippen LogP contribution in [0.1, 0.15) is 16.1 Å². The highest BCUT2D eigenvalue weighted by atomic mass is 16.6. The zero-order chi connectivity index (χ0) is 20.1. The number of hydrogen-bond donors (Lipinski definition) is 0. The van der Waals surface area contributed by atoms with Gasteiger partial charge in [0.25, 0.3) is 11.6 Å². The van der Waals surface area contributed by atoms with Crippen molar-refractivity contribution in [3.05, 3.63) is 64.0 Å². The summed E-state index contributed by atoms with van der Waals surface area (Å²) >= 11 is 0. The van der Waals surface area contributed by atoms with E-state index in [-0.39, 0.29) is 18.2 Å². The molecule has 1 aliphatic heterocycles. The maximum Gasteiger partial charge on any atom is 0.340 e. The molecular weight excluding hydrogens is 364 g/mol. The van der Waals surface area contributed by atoms with Crippen molar-refractivity contribution >= 4 is 23.3 Å². The van der Waals surface area contributed by atoms with Crippen LogP contribution in [0.2, 0.25) is 0 Å². The van der Waals surface area contributed by atoms with Crippen molar-refractivity contribution in [2.75, 3.05) is 37.7 Å². The molecule has 1 fully saturated rings. The van der Waals surface area contributed by atoms with Gasteiger partial charge < -0.3 is 14.5 Å². The fraction of sp³-hybridized carbons (Fsp3) is 0.316. The SMILES string of the molecule is Cc1ccc(C(=O)OCC(=O)N2CCN(c3ccccc3[N+](=O)[O-])CC2)cn1. The number of para-hydroxylation sites is 2. The van der Waals surface area contributed by atoms with E-state index in [0.29, 0.717) is 37.4 Å². The van der Waals surface area contributed by atoms with E-state index in [0.717, 1.165) is 5.69 Å². The van der Waals surface area contributed by atoms with Gasteiger partial charge in [-0.2, -0.15) is 0 Å². The number of nitro groups is 1. The molecule has 1 saturated heterocycles. The number of carbonyl (C=O) groups excluding carboxylic acids is 2. The van der Waals surface area contributed by atoms with Gasteiger partial charge in [-0.1, -0.05) is 12.1 Å². The van der Waals surface area contributed by atoms with Crippen LogP contribution in [-0.2, 0) is 9.53 Å². The molecule has 1 aliphatic rings. The van der Waals surface area contributed by atoms with Crippen molar-refractivity contribution in [3.63, 3.8) is 0 Å². The van der Waals surface area contributed by atoms with Gasteiger partial charge in [0.2, 0.25) is 0 Å². The van der Waals surface area contributed by atoms with Gasteiger partial charge in [-0.15, -0.1) is 0 Å². The Kier molecular flexibility index (Phi) is 5.83. The number of rotatable bonds is 5. The van der Waals surface area contributed by atoms with Crippen LogP contribution in [0.5, 0.6) is 0 Å². The minimum atomic E-state index is -0.598. The van der Waals surface area contributed by atoms with Gasteiger partial charge in [-0.05, 0) is 25.1 Å². The number of ether oxygens (including phenoxy) is 1. The Morgan fingerprint density at radius 2 is 1.86 bits per heavy atom. The van der Waals surface area contributed by atoms with Crippen LogP contribution in [-0.4, -0.2) is 59.5 Å². The standard InChI is InChI=1S/C19H20N4O5/c1-14-6-7-15(12-20-14)19(25)28-13-18(24)22-10-8-21(9-11-22)16-4-2-3-5-17(16)23(26)27/h2-7,12H,8-11,13H2,1H3. The molecule has 0 aliphatic carbocycles. The van der Waals surface area contributed by atoms with Gasteiger partial charge in [-0.25, -0.2) is 4.79 Å². The van der Waals surface area contributed by atoms with Crippen LogP contribution < -0.4 is 4.90 Å². The fourth-order valence-electron chi connectivity index (χ4n) is 2.97. The predicted molar refractivity (Wildman–Crippen MR) is 101 cm³/mol. The molecule has 9 heteroatoms. The number of esters is 1. The molecule has 2 aromatic rings. The van der Waals surface area contributed by atoms with Crippen LogP contribution >= 0.6 is 0 Å². The number of benzene rings is 1. The molecule has 0 radical (unpaired) electrons. The van der Waals surface area contributed by atoms with Crippen LogP contribution in [0.25, 0.3) is 0 Å².